The van der Waals surface area contributed by atoms with Crippen molar-refractivity contribution in [3.63, 3.8) is 0 Å². The smallest absolute Gasteiger partial charge is 0.200 e. The van der Waals surface area contributed by atoms with Crippen LogP contribution in [0.5, 0.6) is 0 Å². The Kier molecular flexibility index (Phi) is 2.72. The fraction of sp³-hybridized carbons (Fsp3) is 0.700. The van der Waals surface area contributed by atoms with Crippen LogP contribution in [0.25, 0.3) is 0 Å². The number of hydrogen-bond acceptors (Lipinski definition) is 3. The average molecular weight is 211 g/mol. The number of nitrogens with zero attached hydrogens (tertiary/aromatic N) is 1. The summed E-state index contributed by atoms with van der Waals surface area (Å²) >= 11 is 2.07. The van der Waals surface area contributed by atoms with Gasteiger partial charge in [0.1, 0.15) is 0 Å². The van der Waals surface area contributed by atoms with Crippen LogP contribution in [-0.2, 0) is 0 Å². The van der Waals surface area contributed by atoms with Crippen LogP contribution in [0, 0.1) is 6.92 Å². The Hall–Kier alpha value is -0.640. The lowest BCUT2D eigenvalue weighted by Gasteiger charge is -2.22. The van der Waals surface area contributed by atoms with Gasteiger partial charge >= 0.3 is 0 Å². The van der Waals surface area contributed by atoms with Gasteiger partial charge in [0.05, 0.1) is 0 Å². The molecule has 0 radical (unpaired) electrons. The van der Waals surface area contributed by atoms with Crippen LogP contribution in [0.2, 0.25) is 0 Å². The van der Waals surface area contributed by atoms with Crippen molar-refractivity contribution in [3.8, 4) is 0 Å². The summed E-state index contributed by atoms with van der Waals surface area (Å²) in [6.45, 7) is 5.35. The van der Waals surface area contributed by atoms with Gasteiger partial charge in [0.15, 0.2) is 5.95 Å². The Bertz CT molecular complexity index is 302. The van der Waals surface area contributed by atoms with Crippen LogP contribution < -0.4 is 5.32 Å². The van der Waals surface area contributed by atoms with Crippen molar-refractivity contribution in [2.45, 2.75) is 31.4 Å². The normalized spacial score (nSPS) is 26.7. The first-order chi connectivity index (χ1) is 6.68. The van der Waals surface area contributed by atoms with E-state index in [2.05, 4.69) is 34.0 Å². The molecule has 1 aromatic heterocycles. The summed E-state index contributed by atoms with van der Waals surface area (Å²) in [4.78, 5) is 7.42. The number of nitrogens with one attached hydrogen (secondary N) is 2. The minimum atomic E-state index is 0.403. The molecular weight excluding hydrogens is 194 g/mol. The molecule has 14 heavy (non-hydrogen) atoms. The van der Waals surface area contributed by atoms with Crippen LogP contribution in [0.3, 0.4) is 0 Å². The maximum atomic E-state index is 4.23. The summed E-state index contributed by atoms with van der Waals surface area (Å²) in [6, 6.07) is 0. The van der Waals surface area contributed by atoms with Gasteiger partial charge in [-0.2, -0.15) is 11.8 Å². The molecule has 0 aliphatic carbocycles. The Morgan fingerprint density at radius 2 is 2.57 bits per heavy atom. The molecule has 0 amide bonds. The number of hydrogen-bond donors (Lipinski definition) is 2. The molecule has 3 nitrogen and oxygen atoms in total. The summed E-state index contributed by atoms with van der Waals surface area (Å²) in [6.07, 6.45) is 4.51. The van der Waals surface area contributed by atoms with Crippen molar-refractivity contribution in [1.29, 1.82) is 0 Å². The molecule has 1 aromatic rings. The molecule has 4 heteroatoms. The fourth-order valence-electron chi connectivity index (χ4n) is 1.75. The monoisotopic (exact) mass is 211 g/mol. The van der Waals surface area contributed by atoms with Crippen molar-refractivity contribution in [3.05, 3.63) is 11.9 Å². The number of rotatable bonds is 3. The van der Waals surface area contributed by atoms with Crippen molar-refractivity contribution in [1.82, 2.24) is 9.97 Å². The Labute approximate surface area is 89.1 Å². The van der Waals surface area contributed by atoms with Gasteiger partial charge in [-0.05, 0) is 32.4 Å². The van der Waals surface area contributed by atoms with E-state index in [-0.39, 0.29) is 0 Å². The van der Waals surface area contributed by atoms with Crippen molar-refractivity contribution in [2.75, 3.05) is 17.6 Å². The van der Waals surface area contributed by atoms with Crippen molar-refractivity contribution in [2.24, 2.45) is 0 Å². The second-order valence-electron chi connectivity index (χ2n) is 4.17. The lowest BCUT2D eigenvalue weighted by atomic mass is 10.1. The Morgan fingerprint density at radius 3 is 3.14 bits per heavy atom. The van der Waals surface area contributed by atoms with E-state index in [1.807, 2.05) is 13.1 Å². The van der Waals surface area contributed by atoms with Gasteiger partial charge < -0.3 is 10.3 Å². The zero-order valence-corrected chi connectivity index (χ0v) is 9.58. The van der Waals surface area contributed by atoms with Gasteiger partial charge in [-0.3, -0.25) is 0 Å². The quantitative estimate of drug-likeness (QED) is 0.806. The standard InChI is InChI=1S/C10H17N3S/c1-8-6-11-9(13-8)12-7-10(2)4-3-5-14-10/h6H,3-5,7H2,1-2H3,(H2,11,12,13). The molecular formula is C10H17N3S. The third-order valence-corrected chi connectivity index (χ3v) is 4.17. The zero-order valence-electron chi connectivity index (χ0n) is 8.76. The number of imidazole rings is 1. The minimum absolute atomic E-state index is 0.403. The second kappa shape index (κ2) is 3.85. The molecule has 0 spiro atoms. The molecule has 2 rings (SSSR count). The second-order valence-corrected chi connectivity index (χ2v) is 5.85. The van der Waals surface area contributed by atoms with Gasteiger partial charge in [-0.15, -0.1) is 0 Å². The topological polar surface area (TPSA) is 40.7 Å². The molecule has 1 saturated heterocycles. The van der Waals surface area contributed by atoms with E-state index in [9.17, 15) is 0 Å². The number of aromatic amines is 1. The van der Waals surface area contributed by atoms with E-state index >= 15 is 0 Å². The van der Waals surface area contributed by atoms with E-state index < -0.39 is 0 Å². The minimum Gasteiger partial charge on any atom is -0.354 e. The SMILES string of the molecule is Cc1cnc(NCC2(C)CCCS2)[nH]1. The van der Waals surface area contributed by atoms with Gasteiger partial charge in [0.2, 0.25) is 0 Å². The zero-order chi connectivity index (χ0) is 10.0. The van der Waals surface area contributed by atoms with Gasteiger partial charge in [0.25, 0.3) is 0 Å². The first kappa shape index (κ1) is 9.90. The number of anilines is 1. The maximum absolute atomic E-state index is 4.23. The Balaban J connectivity index is 1.87. The van der Waals surface area contributed by atoms with E-state index in [1.165, 1.54) is 18.6 Å². The largest absolute Gasteiger partial charge is 0.354 e. The molecule has 1 fully saturated rings. The summed E-state index contributed by atoms with van der Waals surface area (Å²) < 4.78 is 0.403. The summed E-state index contributed by atoms with van der Waals surface area (Å²) in [7, 11) is 0. The van der Waals surface area contributed by atoms with Gasteiger partial charge in [-0.25, -0.2) is 4.98 Å². The highest BCUT2D eigenvalue weighted by atomic mass is 32.2. The highest BCUT2D eigenvalue weighted by molar-refractivity contribution is 8.00. The number of thioether (sulfide) groups is 1. The lowest BCUT2D eigenvalue weighted by molar-refractivity contribution is 0.633. The van der Waals surface area contributed by atoms with E-state index in [0.29, 0.717) is 4.75 Å². The lowest BCUT2D eigenvalue weighted by Crippen LogP contribution is -2.27. The molecule has 78 valence electrons. The van der Waals surface area contributed by atoms with E-state index in [1.54, 1.807) is 0 Å². The van der Waals surface area contributed by atoms with Crippen LogP contribution in [-0.4, -0.2) is 27.0 Å². The molecule has 2 heterocycles. The first-order valence-corrected chi connectivity index (χ1v) is 6.06. The van der Waals surface area contributed by atoms with Crippen LogP contribution in [0.1, 0.15) is 25.5 Å². The molecule has 1 atom stereocenters. The molecule has 0 aromatic carbocycles. The molecule has 1 unspecified atom stereocenters. The number of aryl methyl sites for hydroxylation is 1. The van der Waals surface area contributed by atoms with E-state index in [0.717, 1.165) is 18.2 Å². The summed E-state index contributed by atoms with van der Waals surface area (Å²) in [5, 5.41) is 3.36. The number of H-pyrrole nitrogens is 1. The molecule has 0 bridgehead atoms. The van der Waals surface area contributed by atoms with Crippen molar-refractivity contribution >= 4 is 17.7 Å². The van der Waals surface area contributed by atoms with Gasteiger partial charge in [0, 0.05) is 23.2 Å². The van der Waals surface area contributed by atoms with Crippen LogP contribution >= 0.6 is 11.8 Å². The molecule has 1 aliphatic heterocycles. The van der Waals surface area contributed by atoms with Crippen molar-refractivity contribution < 1.29 is 0 Å². The highest BCUT2D eigenvalue weighted by Gasteiger charge is 2.29. The molecule has 2 N–H and O–H groups in total. The maximum Gasteiger partial charge on any atom is 0.200 e. The third-order valence-electron chi connectivity index (χ3n) is 2.63. The predicted octanol–water partition coefficient (Wildman–Crippen LogP) is 2.42. The van der Waals surface area contributed by atoms with Gasteiger partial charge in [-0.1, -0.05) is 0 Å². The average Bonchev–Trinajstić information content (AvgIpc) is 2.73. The highest BCUT2D eigenvalue weighted by Crippen LogP contribution is 2.37. The van der Waals surface area contributed by atoms with Crippen LogP contribution in [0.15, 0.2) is 6.20 Å². The molecule has 1 aliphatic rings. The fourth-order valence-corrected chi connectivity index (χ4v) is 2.99. The summed E-state index contributed by atoms with van der Waals surface area (Å²) in [5.41, 5.74) is 1.11. The van der Waals surface area contributed by atoms with E-state index in [4.69, 9.17) is 0 Å². The molecule has 0 saturated carbocycles. The predicted molar refractivity (Wildman–Crippen MR) is 61.9 cm³/mol. The summed E-state index contributed by atoms with van der Waals surface area (Å²) in [5.74, 6) is 2.20. The number of aromatic nitrogens is 2. The first-order valence-electron chi connectivity index (χ1n) is 5.07. The Morgan fingerprint density at radius 1 is 1.71 bits per heavy atom. The third kappa shape index (κ3) is 2.23. The van der Waals surface area contributed by atoms with Crippen LogP contribution in [0.4, 0.5) is 5.95 Å².